The number of nitrogens with zero attached hydrogens (tertiary/aromatic N) is 8. The quantitative estimate of drug-likeness (QED) is 0.128. The highest BCUT2D eigenvalue weighted by Gasteiger charge is 2.44. The molecule has 2 saturated heterocycles. The number of likely N-dealkylation sites (tertiary alicyclic amines) is 1. The van der Waals surface area contributed by atoms with Crippen molar-refractivity contribution in [1.82, 2.24) is 50.4 Å². The predicted octanol–water partition coefficient (Wildman–Crippen LogP) is 4.69. The maximum absolute atomic E-state index is 14.1. The lowest BCUT2D eigenvalue weighted by Crippen LogP contribution is -2.59. The van der Waals surface area contributed by atoms with Gasteiger partial charge in [0.2, 0.25) is 29.5 Å². The van der Waals surface area contributed by atoms with Gasteiger partial charge in [0.1, 0.15) is 29.0 Å². The number of benzene rings is 2. The first-order chi connectivity index (χ1) is 32.9. The molecular weight excluding hydrogens is 938 g/mol. The van der Waals surface area contributed by atoms with Gasteiger partial charge in [0.05, 0.1) is 47.4 Å². The van der Waals surface area contributed by atoms with E-state index in [1.54, 1.807) is 53.9 Å². The third-order valence-electron chi connectivity index (χ3n) is 13.0. The van der Waals surface area contributed by atoms with E-state index >= 15 is 0 Å². The van der Waals surface area contributed by atoms with E-state index in [0.717, 1.165) is 54.0 Å². The number of aromatic nitrogens is 4. The van der Waals surface area contributed by atoms with Gasteiger partial charge in [0.15, 0.2) is 5.82 Å². The molecule has 8 rings (SSSR count). The molecule has 364 valence electrons. The molecule has 3 aromatic heterocycles. The van der Waals surface area contributed by atoms with Crippen LogP contribution in [0.1, 0.15) is 84.1 Å². The molecule has 20 heteroatoms. The average Bonchev–Trinajstić information content (AvgIpc) is 4.09. The smallest absolute Gasteiger partial charge is 0.246 e. The lowest BCUT2D eigenvalue weighted by Gasteiger charge is -2.35. The van der Waals surface area contributed by atoms with Crippen LogP contribution < -0.4 is 16.0 Å². The van der Waals surface area contributed by atoms with Crippen LogP contribution >= 0.6 is 34.3 Å². The number of aliphatic imine (C=N–C) groups is 1. The minimum absolute atomic E-state index is 0.0102. The Balaban J connectivity index is 0.826. The number of amides is 5. The molecule has 3 aliphatic heterocycles. The molecule has 4 atom stereocenters. The molecule has 0 bridgehead atoms. The van der Waals surface area contributed by atoms with E-state index in [2.05, 4.69) is 45.0 Å². The molecule has 5 amide bonds. The van der Waals surface area contributed by atoms with E-state index in [4.69, 9.17) is 16.6 Å². The molecule has 0 saturated carbocycles. The van der Waals surface area contributed by atoms with Crippen molar-refractivity contribution >= 4 is 69.5 Å². The zero-order valence-electron chi connectivity index (χ0n) is 39.8. The number of thiophene rings is 1. The first-order valence-corrected chi connectivity index (χ1v) is 25.1. The van der Waals surface area contributed by atoms with Gasteiger partial charge in [-0.15, -0.1) is 32.9 Å². The van der Waals surface area contributed by atoms with Crippen LogP contribution in [0, 0.1) is 33.1 Å². The minimum atomic E-state index is -1.05. The number of thiazole rings is 1. The van der Waals surface area contributed by atoms with E-state index in [1.807, 2.05) is 71.8 Å². The van der Waals surface area contributed by atoms with Crippen molar-refractivity contribution in [1.29, 1.82) is 0 Å². The van der Waals surface area contributed by atoms with E-state index in [0.29, 0.717) is 42.9 Å². The van der Waals surface area contributed by atoms with Gasteiger partial charge in [-0.05, 0) is 61.9 Å². The molecule has 2 fully saturated rings. The van der Waals surface area contributed by atoms with Crippen LogP contribution in [0.2, 0.25) is 5.02 Å². The highest BCUT2D eigenvalue weighted by atomic mass is 35.5. The predicted molar refractivity (Wildman–Crippen MR) is 266 cm³/mol. The summed E-state index contributed by atoms with van der Waals surface area (Å²) in [5, 5.41) is 29.5. The number of rotatable bonds is 13. The summed E-state index contributed by atoms with van der Waals surface area (Å²) in [4.78, 5) is 84.9. The van der Waals surface area contributed by atoms with Crippen molar-refractivity contribution in [3.05, 3.63) is 104 Å². The monoisotopic (exact) mass is 995 g/mol. The van der Waals surface area contributed by atoms with Crippen molar-refractivity contribution in [2.75, 3.05) is 45.8 Å². The third kappa shape index (κ3) is 11.0. The van der Waals surface area contributed by atoms with Gasteiger partial charge in [-0.25, -0.2) is 4.98 Å². The van der Waals surface area contributed by atoms with Crippen molar-refractivity contribution in [3.63, 3.8) is 0 Å². The van der Waals surface area contributed by atoms with Crippen LogP contribution in [0.25, 0.3) is 15.4 Å². The largest absolute Gasteiger partial charge is 0.391 e. The highest BCUT2D eigenvalue weighted by molar-refractivity contribution is 7.15. The number of halogens is 1. The molecule has 6 heterocycles. The summed E-state index contributed by atoms with van der Waals surface area (Å²) in [6.45, 7) is 14.9. The Morgan fingerprint density at radius 3 is 2.26 bits per heavy atom. The van der Waals surface area contributed by atoms with Crippen LogP contribution in [0.5, 0.6) is 0 Å². The number of carbonyl (C=O) groups excluding carboxylic acids is 5. The van der Waals surface area contributed by atoms with Gasteiger partial charge in [-0.1, -0.05) is 68.8 Å². The zero-order chi connectivity index (χ0) is 49.3. The van der Waals surface area contributed by atoms with E-state index in [1.165, 1.54) is 4.90 Å². The minimum Gasteiger partial charge on any atom is -0.391 e. The number of hydrogen-bond acceptors (Lipinski definition) is 13. The Morgan fingerprint density at radius 1 is 0.899 bits per heavy atom. The van der Waals surface area contributed by atoms with Crippen molar-refractivity contribution in [3.8, 4) is 15.4 Å². The van der Waals surface area contributed by atoms with Gasteiger partial charge in [0, 0.05) is 66.7 Å². The van der Waals surface area contributed by atoms with Gasteiger partial charge in [-0.3, -0.25) is 38.4 Å². The summed E-state index contributed by atoms with van der Waals surface area (Å²) in [6.07, 6.45) is -0.778. The first-order valence-electron chi connectivity index (χ1n) is 23.0. The van der Waals surface area contributed by atoms with Gasteiger partial charge < -0.3 is 30.9 Å². The van der Waals surface area contributed by atoms with E-state index in [-0.39, 0.29) is 50.8 Å². The number of aliphatic hydroxyl groups excluding tert-OH is 1. The van der Waals surface area contributed by atoms with Crippen LogP contribution in [0.15, 0.2) is 59.0 Å². The van der Waals surface area contributed by atoms with Crippen molar-refractivity contribution < 1.29 is 29.1 Å². The zero-order valence-corrected chi connectivity index (χ0v) is 42.2. The summed E-state index contributed by atoms with van der Waals surface area (Å²) < 4.78 is 2.02. The summed E-state index contributed by atoms with van der Waals surface area (Å²) in [5.74, 6) is -0.639. The number of β-amino-alcohol motifs (C(OH)–C–C–N with tert-alkyl or cyclic N) is 1. The molecule has 4 N–H and O–H groups in total. The van der Waals surface area contributed by atoms with Crippen LogP contribution in [-0.2, 0) is 30.5 Å². The number of carbonyl (C=O) groups is 5. The van der Waals surface area contributed by atoms with Crippen molar-refractivity contribution in [2.24, 2.45) is 10.4 Å². The summed E-state index contributed by atoms with van der Waals surface area (Å²) in [7, 11) is 0. The van der Waals surface area contributed by atoms with Gasteiger partial charge >= 0.3 is 0 Å². The maximum atomic E-state index is 14.1. The maximum Gasteiger partial charge on any atom is 0.246 e. The fourth-order valence-electron chi connectivity index (χ4n) is 9.01. The molecule has 17 nitrogen and oxygen atoms in total. The molecule has 0 radical (unpaired) electrons. The van der Waals surface area contributed by atoms with Gasteiger partial charge in [-0.2, -0.15) is 0 Å². The van der Waals surface area contributed by atoms with Crippen molar-refractivity contribution in [2.45, 2.75) is 92.1 Å². The van der Waals surface area contributed by atoms with E-state index in [9.17, 15) is 29.1 Å². The fraction of sp³-hybridized carbons (Fsp3) is 0.449. The molecule has 2 aromatic carbocycles. The normalized spacial score (nSPS) is 18.7. The Labute approximate surface area is 414 Å². The molecule has 5 aromatic rings. The van der Waals surface area contributed by atoms with Crippen LogP contribution in [0.4, 0.5) is 0 Å². The highest BCUT2D eigenvalue weighted by Crippen LogP contribution is 2.40. The molecule has 0 unspecified atom stereocenters. The average molecular weight is 997 g/mol. The SMILES string of the molecule is Cc1ncsc1-c1ccc(CNC(=O)[C@@H]2C[C@@H](O)CN2C(=O)[C@@H](NC(=O)CNC(=O)CN2CCN(C(=O)C[C@@H]3N=C(c4ccc(Cl)cc4)c4c(sc(C)c4C)-n4c(C)nnc43)CC2)C(C)(C)C)cc1. The van der Waals surface area contributed by atoms with E-state index < -0.39 is 47.4 Å². The summed E-state index contributed by atoms with van der Waals surface area (Å²) in [5.41, 5.74) is 7.64. The number of fused-ring (bicyclic) bond motifs is 3. The summed E-state index contributed by atoms with van der Waals surface area (Å²) >= 11 is 9.48. The molecular formula is C49H58ClN11O6S2. The lowest BCUT2D eigenvalue weighted by atomic mass is 9.85. The fourth-order valence-corrected chi connectivity index (χ4v) is 11.2. The summed E-state index contributed by atoms with van der Waals surface area (Å²) in [6, 6.07) is 12.8. The molecule has 69 heavy (non-hydrogen) atoms. The molecule has 3 aliphatic rings. The Bertz CT molecular complexity index is 2770. The Morgan fingerprint density at radius 2 is 1.59 bits per heavy atom. The third-order valence-corrected chi connectivity index (χ3v) is 15.4. The van der Waals surface area contributed by atoms with Crippen LogP contribution in [-0.4, -0.2) is 139 Å². The standard InChI is InChI=1S/C49H58ClN11O6S2/c1-27-29(3)69-48-41(27)42(32-12-14-34(50)15-13-32)54-36(45-57-56-30(4)61(45)48)21-40(65)59-18-16-58(17-19-59)25-39(64)51-23-38(63)55-44(49(5,6)7)47(67)60-24-35(62)20-37(60)46(66)52-22-31-8-10-33(11-9-31)43-28(2)53-26-68-43/h8-15,26,35-37,44,62H,16-25H2,1-7H3,(H,51,64)(H,52,66)(H,55,63)/t35-,36+,37+,44-/m1/s1. The van der Waals surface area contributed by atoms with Crippen LogP contribution in [0.3, 0.4) is 0 Å². The number of hydrogen-bond donors (Lipinski definition) is 4. The second-order valence-corrected chi connectivity index (χ2v) is 21.5. The molecule has 0 spiro atoms. The number of piperazine rings is 1. The molecule has 0 aliphatic carbocycles. The van der Waals surface area contributed by atoms with Gasteiger partial charge in [0.25, 0.3) is 0 Å². The lowest BCUT2D eigenvalue weighted by molar-refractivity contribution is -0.144. The number of nitrogens with one attached hydrogen (secondary N) is 3. The Kier molecular flexibility index (Phi) is 14.8. The second-order valence-electron chi connectivity index (χ2n) is 19.0. The Hall–Kier alpha value is -5.86. The topological polar surface area (TPSA) is 207 Å². The second kappa shape index (κ2) is 20.6. The number of aliphatic hydroxyl groups is 1. The first kappa shape index (κ1) is 49.6. The number of aryl methyl sites for hydroxylation is 3.